The van der Waals surface area contributed by atoms with Crippen molar-refractivity contribution in [1.82, 2.24) is 4.98 Å². The van der Waals surface area contributed by atoms with Crippen molar-refractivity contribution < 1.29 is 4.92 Å². The van der Waals surface area contributed by atoms with Crippen molar-refractivity contribution in [2.45, 2.75) is 26.8 Å². The van der Waals surface area contributed by atoms with E-state index in [4.69, 9.17) is 0 Å². The number of non-ortho nitro benzene ring substituents is 1. The van der Waals surface area contributed by atoms with Crippen LogP contribution in [0.25, 0.3) is 0 Å². The molecule has 0 bridgehead atoms. The molecule has 5 nitrogen and oxygen atoms in total. The third kappa shape index (κ3) is 3.08. The van der Waals surface area contributed by atoms with Gasteiger partial charge in [-0.05, 0) is 32.4 Å². The largest absolute Gasteiger partial charge is 0.376 e. The van der Waals surface area contributed by atoms with E-state index in [9.17, 15) is 10.1 Å². The Morgan fingerprint density at radius 1 is 1.42 bits per heavy atom. The molecule has 1 aromatic carbocycles. The number of thiazole rings is 1. The maximum Gasteiger partial charge on any atom is 0.269 e. The van der Waals surface area contributed by atoms with E-state index in [1.54, 1.807) is 23.5 Å². The number of hydrogen-bond acceptors (Lipinski definition) is 5. The predicted molar refractivity (Wildman–Crippen MR) is 76.7 cm³/mol. The van der Waals surface area contributed by atoms with E-state index >= 15 is 0 Å². The van der Waals surface area contributed by atoms with Crippen LogP contribution >= 0.6 is 11.3 Å². The van der Waals surface area contributed by atoms with Gasteiger partial charge in [-0.2, -0.15) is 0 Å². The Labute approximate surface area is 115 Å². The van der Waals surface area contributed by atoms with Crippen LogP contribution in [0.2, 0.25) is 0 Å². The first-order valence-electron chi connectivity index (χ1n) is 5.91. The zero-order chi connectivity index (χ0) is 14.0. The summed E-state index contributed by atoms with van der Waals surface area (Å²) in [5, 5.41) is 15.0. The quantitative estimate of drug-likeness (QED) is 0.681. The van der Waals surface area contributed by atoms with Gasteiger partial charge in [0.15, 0.2) is 0 Å². The van der Waals surface area contributed by atoms with Crippen molar-refractivity contribution in [3.63, 3.8) is 0 Å². The molecule has 0 fully saturated rings. The summed E-state index contributed by atoms with van der Waals surface area (Å²) >= 11 is 1.65. The average molecular weight is 277 g/mol. The highest BCUT2D eigenvalue weighted by atomic mass is 32.1. The molecule has 6 heteroatoms. The first-order valence-corrected chi connectivity index (χ1v) is 6.73. The monoisotopic (exact) mass is 277 g/mol. The summed E-state index contributed by atoms with van der Waals surface area (Å²) in [5.41, 5.74) is 1.86. The molecule has 1 heterocycles. The van der Waals surface area contributed by atoms with Crippen molar-refractivity contribution in [2.75, 3.05) is 5.32 Å². The maximum absolute atomic E-state index is 10.7. The van der Waals surface area contributed by atoms with Gasteiger partial charge in [0.25, 0.3) is 5.69 Å². The van der Waals surface area contributed by atoms with Gasteiger partial charge in [-0.1, -0.05) is 0 Å². The fourth-order valence-electron chi connectivity index (χ4n) is 1.79. The van der Waals surface area contributed by atoms with E-state index in [0.717, 1.165) is 16.3 Å². The molecular weight excluding hydrogens is 262 g/mol. The van der Waals surface area contributed by atoms with Crippen molar-refractivity contribution >= 4 is 22.7 Å². The molecule has 0 spiro atoms. The minimum atomic E-state index is -0.385. The Morgan fingerprint density at radius 3 is 2.68 bits per heavy atom. The second-order valence-corrected chi connectivity index (χ2v) is 5.70. The first-order chi connectivity index (χ1) is 8.97. The van der Waals surface area contributed by atoms with Gasteiger partial charge in [0.1, 0.15) is 5.01 Å². The molecule has 0 radical (unpaired) electrons. The number of benzene rings is 1. The highest BCUT2D eigenvalue weighted by molar-refractivity contribution is 7.11. The van der Waals surface area contributed by atoms with Gasteiger partial charge in [-0.3, -0.25) is 10.1 Å². The fraction of sp³-hybridized carbons (Fsp3) is 0.308. The average Bonchev–Trinajstić information content (AvgIpc) is 2.78. The van der Waals surface area contributed by atoms with Gasteiger partial charge in [0.2, 0.25) is 0 Å². The highest BCUT2D eigenvalue weighted by Crippen LogP contribution is 2.27. The molecule has 0 saturated carbocycles. The Bertz CT molecular complexity index is 610. The molecule has 2 rings (SSSR count). The number of anilines is 1. The van der Waals surface area contributed by atoms with Gasteiger partial charge >= 0.3 is 0 Å². The molecule has 2 aromatic rings. The first kappa shape index (κ1) is 13.5. The van der Waals surface area contributed by atoms with Gasteiger partial charge < -0.3 is 5.32 Å². The normalized spacial score (nSPS) is 12.2. The summed E-state index contributed by atoms with van der Waals surface area (Å²) in [6.45, 7) is 5.90. The van der Waals surface area contributed by atoms with Gasteiger partial charge in [0, 0.05) is 28.9 Å². The second-order valence-electron chi connectivity index (χ2n) is 4.43. The maximum atomic E-state index is 10.7. The zero-order valence-corrected chi connectivity index (χ0v) is 11.8. The number of nitro groups is 1. The summed E-state index contributed by atoms with van der Waals surface area (Å²) in [6.07, 6.45) is 1.85. The third-order valence-electron chi connectivity index (χ3n) is 2.80. The number of hydrogen-bond donors (Lipinski definition) is 1. The minimum Gasteiger partial charge on any atom is -0.376 e. The number of aryl methyl sites for hydroxylation is 2. The lowest BCUT2D eigenvalue weighted by Crippen LogP contribution is -2.07. The van der Waals surface area contributed by atoms with E-state index in [-0.39, 0.29) is 16.7 Å². The lowest BCUT2D eigenvalue weighted by molar-refractivity contribution is -0.384. The number of rotatable bonds is 4. The number of nitrogens with zero attached hydrogens (tertiary/aromatic N) is 2. The molecule has 0 saturated heterocycles. The number of nitro benzene ring substituents is 1. The van der Waals surface area contributed by atoms with Crippen LogP contribution in [0, 0.1) is 24.0 Å². The highest BCUT2D eigenvalue weighted by Gasteiger charge is 2.12. The summed E-state index contributed by atoms with van der Waals surface area (Å²) < 4.78 is 0. The Hall–Kier alpha value is -1.95. The Balaban J connectivity index is 2.17. The molecule has 0 aliphatic carbocycles. The van der Waals surface area contributed by atoms with Crippen molar-refractivity contribution in [3.8, 4) is 0 Å². The Kier molecular flexibility index (Phi) is 3.80. The van der Waals surface area contributed by atoms with Gasteiger partial charge in [-0.25, -0.2) is 4.98 Å². The molecule has 100 valence electrons. The number of nitrogens with one attached hydrogen (secondary N) is 1. The second kappa shape index (κ2) is 5.36. The van der Waals surface area contributed by atoms with E-state index in [0.29, 0.717) is 0 Å². The van der Waals surface area contributed by atoms with Crippen LogP contribution in [0.4, 0.5) is 11.4 Å². The summed E-state index contributed by atoms with van der Waals surface area (Å²) in [7, 11) is 0. The lowest BCUT2D eigenvalue weighted by atomic mass is 10.1. The van der Waals surface area contributed by atoms with Gasteiger partial charge in [-0.15, -0.1) is 11.3 Å². The zero-order valence-electron chi connectivity index (χ0n) is 11.0. The van der Waals surface area contributed by atoms with E-state index < -0.39 is 0 Å². The van der Waals surface area contributed by atoms with Crippen LogP contribution in [0.1, 0.15) is 28.4 Å². The summed E-state index contributed by atoms with van der Waals surface area (Å²) in [4.78, 5) is 15.8. The minimum absolute atomic E-state index is 0.0823. The molecule has 1 atom stereocenters. The van der Waals surface area contributed by atoms with Crippen molar-refractivity contribution in [3.05, 3.63) is 50.0 Å². The molecule has 1 unspecified atom stereocenters. The molecular formula is C13H15N3O2S. The summed E-state index contributed by atoms with van der Waals surface area (Å²) in [5.74, 6) is 0. The molecule has 0 aliphatic rings. The van der Waals surface area contributed by atoms with Crippen LogP contribution in [0.15, 0.2) is 24.4 Å². The molecule has 19 heavy (non-hydrogen) atoms. The molecule has 0 aliphatic heterocycles. The SMILES string of the molecule is Cc1cnc(C(C)Nc2ccc([N+](=O)[O-])cc2C)s1. The van der Waals surface area contributed by atoms with Crippen LogP contribution < -0.4 is 5.32 Å². The van der Waals surface area contributed by atoms with E-state index in [2.05, 4.69) is 10.3 Å². The van der Waals surface area contributed by atoms with E-state index in [1.807, 2.05) is 27.0 Å². The molecule has 1 aromatic heterocycles. The van der Waals surface area contributed by atoms with Crippen LogP contribution in [-0.2, 0) is 0 Å². The topological polar surface area (TPSA) is 68.1 Å². The third-order valence-corrected chi connectivity index (χ3v) is 3.90. The smallest absolute Gasteiger partial charge is 0.269 e. The summed E-state index contributed by atoms with van der Waals surface area (Å²) in [6, 6.07) is 4.90. The van der Waals surface area contributed by atoms with Crippen molar-refractivity contribution in [2.24, 2.45) is 0 Å². The lowest BCUT2D eigenvalue weighted by Gasteiger charge is -2.14. The molecule has 0 amide bonds. The number of aromatic nitrogens is 1. The van der Waals surface area contributed by atoms with E-state index in [1.165, 1.54) is 10.9 Å². The standard InChI is InChI=1S/C13H15N3O2S/c1-8-6-11(16(17)18)4-5-12(8)15-10(3)13-14-7-9(2)19-13/h4-7,10,15H,1-3H3. The van der Waals surface area contributed by atoms with Crippen LogP contribution in [0.3, 0.4) is 0 Å². The van der Waals surface area contributed by atoms with Crippen LogP contribution in [0.5, 0.6) is 0 Å². The van der Waals surface area contributed by atoms with Crippen LogP contribution in [-0.4, -0.2) is 9.91 Å². The fourth-order valence-corrected chi connectivity index (χ4v) is 2.57. The Morgan fingerprint density at radius 2 is 2.16 bits per heavy atom. The van der Waals surface area contributed by atoms with Crippen molar-refractivity contribution in [1.29, 1.82) is 0 Å². The molecule has 1 N–H and O–H groups in total. The van der Waals surface area contributed by atoms with Gasteiger partial charge in [0.05, 0.1) is 11.0 Å². The predicted octanol–water partition coefficient (Wildman–Crippen LogP) is 3.84.